The minimum atomic E-state index is -5.09. The molecule has 2 atom stereocenters. The maximum absolute atomic E-state index is 12.1. The molecule has 1 aliphatic rings. The standard InChI is InChI=1S/C9H12F3NO4/c1-5-4-8(7(15)16,2-3-17-5)13-6(14)9(10,11)12/h5H,2-4H2,1H3,(H,13,14)(H,15,16). The number of rotatable bonds is 2. The van der Waals surface area contributed by atoms with E-state index in [0.717, 1.165) is 0 Å². The first-order valence-electron chi connectivity index (χ1n) is 4.92. The number of halogens is 3. The summed E-state index contributed by atoms with van der Waals surface area (Å²) in [6, 6.07) is 0. The van der Waals surface area contributed by atoms with Gasteiger partial charge in [0.05, 0.1) is 6.10 Å². The first-order valence-corrected chi connectivity index (χ1v) is 4.92. The molecule has 0 aliphatic carbocycles. The van der Waals surface area contributed by atoms with Gasteiger partial charge in [0.2, 0.25) is 0 Å². The number of hydrogen-bond donors (Lipinski definition) is 2. The Labute approximate surface area is 94.9 Å². The molecule has 1 fully saturated rings. The fraction of sp³-hybridized carbons (Fsp3) is 0.778. The molecule has 0 aromatic carbocycles. The number of carbonyl (C=O) groups is 2. The van der Waals surface area contributed by atoms with Crippen LogP contribution in [-0.2, 0) is 14.3 Å². The number of carboxylic acid groups (broad SMARTS) is 1. The van der Waals surface area contributed by atoms with E-state index in [2.05, 4.69) is 0 Å². The van der Waals surface area contributed by atoms with E-state index < -0.39 is 29.7 Å². The molecular formula is C9H12F3NO4. The van der Waals surface area contributed by atoms with Crippen LogP contribution in [0.25, 0.3) is 0 Å². The van der Waals surface area contributed by atoms with E-state index in [9.17, 15) is 22.8 Å². The molecule has 98 valence electrons. The molecule has 0 bridgehead atoms. The molecule has 1 amide bonds. The van der Waals surface area contributed by atoms with Gasteiger partial charge in [0.25, 0.3) is 0 Å². The number of amides is 1. The maximum Gasteiger partial charge on any atom is 0.471 e. The van der Waals surface area contributed by atoms with Gasteiger partial charge in [-0.2, -0.15) is 13.2 Å². The summed E-state index contributed by atoms with van der Waals surface area (Å²) in [6.07, 6.45) is -5.99. The lowest BCUT2D eigenvalue weighted by molar-refractivity contribution is -0.180. The highest BCUT2D eigenvalue weighted by molar-refractivity contribution is 5.89. The molecule has 1 rings (SSSR count). The number of aliphatic carboxylic acids is 1. The van der Waals surface area contributed by atoms with Crippen LogP contribution >= 0.6 is 0 Å². The van der Waals surface area contributed by atoms with Crippen LogP contribution in [0.5, 0.6) is 0 Å². The Bertz CT molecular complexity index is 331. The number of carbonyl (C=O) groups excluding carboxylic acids is 1. The normalized spacial score (nSPS) is 29.8. The topological polar surface area (TPSA) is 75.6 Å². The van der Waals surface area contributed by atoms with Gasteiger partial charge in [-0.15, -0.1) is 0 Å². The number of alkyl halides is 3. The zero-order chi connectivity index (χ0) is 13.3. The van der Waals surface area contributed by atoms with Gasteiger partial charge in [-0.05, 0) is 6.92 Å². The minimum Gasteiger partial charge on any atom is -0.480 e. The summed E-state index contributed by atoms with van der Waals surface area (Å²) in [5, 5.41) is 10.5. The highest BCUT2D eigenvalue weighted by Gasteiger charge is 2.49. The zero-order valence-electron chi connectivity index (χ0n) is 9.00. The molecular weight excluding hydrogens is 243 g/mol. The van der Waals surface area contributed by atoms with Crippen molar-refractivity contribution in [2.45, 2.75) is 37.6 Å². The Kier molecular flexibility index (Phi) is 3.65. The van der Waals surface area contributed by atoms with Crippen molar-refractivity contribution in [2.24, 2.45) is 0 Å². The predicted molar refractivity (Wildman–Crippen MR) is 49.2 cm³/mol. The zero-order valence-corrected chi connectivity index (χ0v) is 9.00. The summed E-state index contributed by atoms with van der Waals surface area (Å²) in [6.45, 7) is 1.53. The van der Waals surface area contributed by atoms with Crippen molar-refractivity contribution < 1.29 is 32.6 Å². The highest BCUT2D eigenvalue weighted by atomic mass is 19.4. The van der Waals surface area contributed by atoms with E-state index in [1.165, 1.54) is 6.92 Å². The summed E-state index contributed by atoms with van der Waals surface area (Å²) in [5.74, 6) is -3.72. The second kappa shape index (κ2) is 4.52. The number of ether oxygens (including phenoxy) is 1. The van der Waals surface area contributed by atoms with Crippen LogP contribution in [0.2, 0.25) is 0 Å². The smallest absolute Gasteiger partial charge is 0.471 e. The molecule has 2 N–H and O–H groups in total. The molecule has 5 nitrogen and oxygen atoms in total. The lowest BCUT2D eigenvalue weighted by atomic mass is 9.87. The van der Waals surface area contributed by atoms with E-state index in [1.54, 1.807) is 5.32 Å². The fourth-order valence-electron chi connectivity index (χ4n) is 1.74. The summed E-state index contributed by atoms with van der Waals surface area (Å²) in [7, 11) is 0. The number of carboxylic acids is 1. The van der Waals surface area contributed by atoms with E-state index >= 15 is 0 Å². The van der Waals surface area contributed by atoms with Gasteiger partial charge in [-0.1, -0.05) is 0 Å². The summed E-state index contributed by atoms with van der Waals surface area (Å²) < 4.78 is 41.4. The monoisotopic (exact) mass is 255 g/mol. The molecule has 0 radical (unpaired) electrons. The van der Waals surface area contributed by atoms with Gasteiger partial charge in [0, 0.05) is 19.4 Å². The third-order valence-corrected chi connectivity index (χ3v) is 2.59. The first kappa shape index (κ1) is 13.8. The Morgan fingerprint density at radius 1 is 1.47 bits per heavy atom. The molecule has 17 heavy (non-hydrogen) atoms. The van der Waals surface area contributed by atoms with Crippen LogP contribution in [0, 0.1) is 0 Å². The van der Waals surface area contributed by atoms with Crippen molar-refractivity contribution in [3.8, 4) is 0 Å². The van der Waals surface area contributed by atoms with Gasteiger partial charge in [-0.25, -0.2) is 4.79 Å². The third kappa shape index (κ3) is 3.09. The molecule has 0 aromatic rings. The summed E-state index contributed by atoms with van der Waals surface area (Å²) >= 11 is 0. The molecule has 1 heterocycles. The van der Waals surface area contributed by atoms with Crippen molar-refractivity contribution >= 4 is 11.9 Å². The van der Waals surface area contributed by atoms with E-state index in [1.807, 2.05) is 0 Å². The molecule has 0 aromatic heterocycles. The van der Waals surface area contributed by atoms with E-state index in [4.69, 9.17) is 9.84 Å². The summed E-state index contributed by atoms with van der Waals surface area (Å²) in [5.41, 5.74) is -1.90. The number of nitrogens with one attached hydrogen (secondary N) is 1. The number of hydrogen-bond acceptors (Lipinski definition) is 3. The average molecular weight is 255 g/mol. The van der Waals surface area contributed by atoms with Gasteiger partial charge >= 0.3 is 18.1 Å². The summed E-state index contributed by atoms with van der Waals surface area (Å²) in [4.78, 5) is 21.9. The van der Waals surface area contributed by atoms with Crippen LogP contribution in [-0.4, -0.2) is 41.4 Å². The van der Waals surface area contributed by atoms with Crippen LogP contribution < -0.4 is 5.32 Å². The van der Waals surface area contributed by atoms with E-state index in [0.29, 0.717) is 0 Å². The van der Waals surface area contributed by atoms with Crippen LogP contribution in [0.4, 0.5) is 13.2 Å². The Morgan fingerprint density at radius 3 is 2.47 bits per heavy atom. The van der Waals surface area contributed by atoms with Crippen LogP contribution in [0.3, 0.4) is 0 Å². The molecule has 2 unspecified atom stereocenters. The second-order valence-corrected chi connectivity index (χ2v) is 3.97. The van der Waals surface area contributed by atoms with Gasteiger partial charge in [0.1, 0.15) is 5.54 Å². The predicted octanol–water partition coefficient (Wildman–Crippen LogP) is 0.687. The SMILES string of the molecule is CC1CC(NC(=O)C(F)(F)F)(C(=O)O)CCO1. The highest BCUT2D eigenvalue weighted by Crippen LogP contribution is 2.27. The third-order valence-electron chi connectivity index (χ3n) is 2.59. The van der Waals surface area contributed by atoms with Crippen molar-refractivity contribution in [2.75, 3.05) is 6.61 Å². The van der Waals surface area contributed by atoms with Crippen molar-refractivity contribution in [1.82, 2.24) is 5.32 Å². The first-order chi connectivity index (χ1) is 7.67. The Hall–Kier alpha value is -1.31. The molecule has 1 saturated heterocycles. The molecule has 1 aliphatic heterocycles. The van der Waals surface area contributed by atoms with Crippen LogP contribution in [0.15, 0.2) is 0 Å². The maximum atomic E-state index is 12.1. The lowest BCUT2D eigenvalue weighted by Crippen LogP contribution is -2.61. The van der Waals surface area contributed by atoms with E-state index in [-0.39, 0.29) is 19.4 Å². The fourth-order valence-corrected chi connectivity index (χ4v) is 1.74. The van der Waals surface area contributed by atoms with Crippen LogP contribution in [0.1, 0.15) is 19.8 Å². The lowest BCUT2D eigenvalue weighted by Gasteiger charge is -2.37. The molecule has 8 heteroatoms. The molecule has 0 spiro atoms. The Balaban J connectivity index is 2.86. The largest absolute Gasteiger partial charge is 0.480 e. The van der Waals surface area contributed by atoms with Gasteiger partial charge < -0.3 is 15.2 Å². The van der Waals surface area contributed by atoms with Crippen molar-refractivity contribution in [3.05, 3.63) is 0 Å². The quantitative estimate of drug-likeness (QED) is 0.761. The average Bonchev–Trinajstić information content (AvgIpc) is 2.15. The van der Waals surface area contributed by atoms with Gasteiger partial charge in [-0.3, -0.25) is 4.79 Å². The van der Waals surface area contributed by atoms with Crippen molar-refractivity contribution in [1.29, 1.82) is 0 Å². The van der Waals surface area contributed by atoms with Crippen molar-refractivity contribution in [3.63, 3.8) is 0 Å². The second-order valence-electron chi connectivity index (χ2n) is 3.97. The van der Waals surface area contributed by atoms with Gasteiger partial charge in [0.15, 0.2) is 0 Å². The minimum absolute atomic E-state index is 0.00833. The Morgan fingerprint density at radius 2 is 2.06 bits per heavy atom. The molecule has 0 saturated carbocycles.